The minimum Gasteiger partial charge on any atom is -0.508 e. The second-order valence-electron chi connectivity index (χ2n) is 3.51. The third-order valence-electron chi connectivity index (χ3n) is 2.49. The molecule has 2 heteroatoms. The predicted molar refractivity (Wildman–Crippen MR) is 62.0 cm³/mol. The molecule has 15 heavy (non-hydrogen) atoms. The van der Waals surface area contributed by atoms with E-state index in [-0.39, 0.29) is 6.10 Å². The third-order valence-corrected chi connectivity index (χ3v) is 2.49. The molecule has 0 bridgehead atoms. The molecule has 1 atom stereocenters. The Hall–Kier alpha value is -1.28. The largest absolute Gasteiger partial charge is 0.508 e. The Labute approximate surface area is 91.2 Å². The normalized spacial score (nSPS) is 12.4. The summed E-state index contributed by atoms with van der Waals surface area (Å²) in [6, 6.07) is 5.40. The number of allylic oxidation sites excluding steroid dienone is 1. The lowest BCUT2D eigenvalue weighted by atomic mass is 9.98. The summed E-state index contributed by atoms with van der Waals surface area (Å²) in [4.78, 5) is 0. The molecule has 0 aliphatic rings. The maximum Gasteiger partial charge on any atom is 0.115 e. The van der Waals surface area contributed by atoms with Gasteiger partial charge in [-0.2, -0.15) is 0 Å². The Balaban J connectivity index is 3.08. The van der Waals surface area contributed by atoms with Crippen LogP contribution in [0.5, 0.6) is 5.75 Å². The lowest BCUT2D eigenvalue weighted by Gasteiger charge is -2.17. The third kappa shape index (κ3) is 2.83. The summed E-state index contributed by atoms with van der Waals surface area (Å²) in [6.45, 7) is 5.80. The second kappa shape index (κ2) is 5.56. The number of phenolic OH excluding ortho intramolecular Hbond substituents is 1. The van der Waals surface area contributed by atoms with Crippen molar-refractivity contribution in [1.82, 2.24) is 0 Å². The van der Waals surface area contributed by atoms with Gasteiger partial charge in [-0.25, -0.2) is 0 Å². The molecule has 0 saturated heterocycles. The van der Waals surface area contributed by atoms with Gasteiger partial charge in [0.25, 0.3) is 0 Å². The molecule has 1 unspecified atom stereocenters. The van der Waals surface area contributed by atoms with Gasteiger partial charge in [0.05, 0.1) is 6.10 Å². The minimum atomic E-state index is 0.0977. The number of aromatic hydroxyl groups is 1. The van der Waals surface area contributed by atoms with E-state index in [0.29, 0.717) is 5.75 Å². The number of hydrogen-bond acceptors (Lipinski definition) is 2. The van der Waals surface area contributed by atoms with Crippen LogP contribution in [-0.4, -0.2) is 12.2 Å². The summed E-state index contributed by atoms with van der Waals surface area (Å²) in [5, 5.41) is 9.42. The first-order valence-corrected chi connectivity index (χ1v) is 5.18. The van der Waals surface area contributed by atoms with Crippen LogP contribution in [0.15, 0.2) is 30.9 Å². The summed E-state index contributed by atoms with van der Waals surface area (Å²) < 4.78 is 5.40. The van der Waals surface area contributed by atoms with Crippen LogP contribution >= 0.6 is 0 Å². The Bertz CT molecular complexity index is 327. The standard InChI is InChI=1S/C13H18O2/c1-4-6-10-9-11(14)7-8-12(10)13(5-2)15-3/h4,7-9,13-14H,1,5-6H2,2-3H3. The molecular weight excluding hydrogens is 188 g/mol. The van der Waals surface area contributed by atoms with Gasteiger partial charge < -0.3 is 9.84 Å². The molecule has 1 rings (SSSR count). The topological polar surface area (TPSA) is 29.5 Å². The van der Waals surface area contributed by atoms with Gasteiger partial charge in [-0.15, -0.1) is 6.58 Å². The van der Waals surface area contributed by atoms with Crippen molar-refractivity contribution in [3.63, 3.8) is 0 Å². The van der Waals surface area contributed by atoms with E-state index in [1.807, 2.05) is 12.1 Å². The fraction of sp³-hybridized carbons (Fsp3) is 0.385. The van der Waals surface area contributed by atoms with Gasteiger partial charge >= 0.3 is 0 Å². The zero-order valence-electron chi connectivity index (χ0n) is 9.36. The lowest BCUT2D eigenvalue weighted by Crippen LogP contribution is -2.03. The maximum absolute atomic E-state index is 9.42. The van der Waals surface area contributed by atoms with E-state index in [9.17, 15) is 5.11 Å². The molecule has 0 aromatic heterocycles. The zero-order chi connectivity index (χ0) is 11.3. The first-order valence-electron chi connectivity index (χ1n) is 5.18. The summed E-state index contributed by atoms with van der Waals surface area (Å²) in [5.74, 6) is 0.293. The van der Waals surface area contributed by atoms with Crippen molar-refractivity contribution in [2.75, 3.05) is 7.11 Å². The Morgan fingerprint density at radius 3 is 2.80 bits per heavy atom. The molecule has 1 N–H and O–H groups in total. The van der Waals surface area contributed by atoms with Crippen LogP contribution in [0, 0.1) is 0 Å². The molecule has 2 nitrogen and oxygen atoms in total. The van der Waals surface area contributed by atoms with Crippen molar-refractivity contribution in [3.05, 3.63) is 42.0 Å². The van der Waals surface area contributed by atoms with Gasteiger partial charge in [-0.1, -0.05) is 19.1 Å². The summed E-state index contributed by atoms with van der Waals surface area (Å²) in [5.41, 5.74) is 2.22. The molecule has 0 amide bonds. The number of benzene rings is 1. The summed E-state index contributed by atoms with van der Waals surface area (Å²) >= 11 is 0. The Morgan fingerprint density at radius 2 is 2.27 bits per heavy atom. The van der Waals surface area contributed by atoms with E-state index in [0.717, 1.165) is 24.0 Å². The van der Waals surface area contributed by atoms with Gasteiger partial charge in [0.1, 0.15) is 5.75 Å². The molecular formula is C13H18O2. The highest BCUT2D eigenvalue weighted by Gasteiger charge is 2.12. The van der Waals surface area contributed by atoms with Crippen molar-refractivity contribution in [3.8, 4) is 5.75 Å². The molecule has 1 aromatic rings. The van der Waals surface area contributed by atoms with Crippen LogP contribution in [-0.2, 0) is 11.2 Å². The maximum atomic E-state index is 9.42. The van der Waals surface area contributed by atoms with Gasteiger partial charge in [-0.3, -0.25) is 0 Å². The van der Waals surface area contributed by atoms with Crippen LogP contribution < -0.4 is 0 Å². The Morgan fingerprint density at radius 1 is 1.53 bits per heavy atom. The quantitative estimate of drug-likeness (QED) is 0.749. The van der Waals surface area contributed by atoms with Crippen molar-refractivity contribution >= 4 is 0 Å². The van der Waals surface area contributed by atoms with E-state index in [1.54, 1.807) is 19.2 Å². The van der Waals surface area contributed by atoms with Crippen LogP contribution in [0.25, 0.3) is 0 Å². The van der Waals surface area contributed by atoms with E-state index in [1.165, 1.54) is 0 Å². The summed E-state index contributed by atoms with van der Waals surface area (Å²) in [6.07, 6.45) is 3.61. The highest BCUT2D eigenvalue weighted by atomic mass is 16.5. The molecule has 0 radical (unpaired) electrons. The van der Waals surface area contributed by atoms with Gasteiger partial charge in [-0.05, 0) is 36.1 Å². The second-order valence-corrected chi connectivity index (χ2v) is 3.51. The Kier molecular flexibility index (Phi) is 4.37. The van der Waals surface area contributed by atoms with E-state index in [2.05, 4.69) is 13.5 Å². The van der Waals surface area contributed by atoms with Crippen molar-refractivity contribution in [2.45, 2.75) is 25.9 Å². The highest BCUT2D eigenvalue weighted by Crippen LogP contribution is 2.27. The average molecular weight is 206 g/mol. The van der Waals surface area contributed by atoms with Crippen LogP contribution in [0.4, 0.5) is 0 Å². The lowest BCUT2D eigenvalue weighted by molar-refractivity contribution is 0.0993. The van der Waals surface area contributed by atoms with Crippen LogP contribution in [0.1, 0.15) is 30.6 Å². The van der Waals surface area contributed by atoms with Gasteiger partial charge in [0, 0.05) is 7.11 Å². The molecule has 82 valence electrons. The number of hydrogen-bond donors (Lipinski definition) is 1. The number of ether oxygens (including phenoxy) is 1. The van der Waals surface area contributed by atoms with E-state index in [4.69, 9.17) is 4.74 Å². The van der Waals surface area contributed by atoms with E-state index >= 15 is 0 Å². The number of rotatable bonds is 5. The van der Waals surface area contributed by atoms with Gasteiger partial charge in [0.2, 0.25) is 0 Å². The first kappa shape index (κ1) is 11.8. The minimum absolute atomic E-state index is 0.0977. The van der Waals surface area contributed by atoms with Crippen molar-refractivity contribution in [1.29, 1.82) is 0 Å². The van der Waals surface area contributed by atoms with Gasteiger partial charge in [0.15, 0.2) is 0 Å². The van der Waals surface area contributed by atoms with E-state index < -0.39 is 0 Å². The fourth-order valence-corrected chi connectivity index (χ4v) is 1.75. The fourth-order valence-electron chi connectivity index (χ4n) is 1.75. The first-order chi connectivity index (χ1) is 7.22. The molecule has 0 aliphatic carbocycles. The number of methoxy groups -OCH3 is 1. The molecule has 0 heterocycles. The average Bonchev–Trinajstić information content (AvgIpc) is 2.23. The SMILES string of the molecule is C=CCc1cc(O)ccc1C(CC)OC. The van der Waals surface area contributed by atoms with Crippen molar-refractivity contribution in [2.24, 2.45) is 0 Å². The molecule has 0 saturated carbocycles. The smallest absolute Gasteiger partial charge is 0.115 e. The molecule has 0 aliphatic heterocycles. The van der Waals surface area contributed by atoms with Crippen molar-refractivity contribution < 1.29 is 9.84 Å². The highest BCUT2D eigenvalue weighted by molar-refractivity contribution is 5.37. The molecule has 0 fully saturated rings. The molecule has 0 spiro atoms. The summed E-state index contributed by atoms with van der Waals surface area (Å²) in [7, 11) is 1.71. The monoisotopic (exact) mass is 206 g/mol. The number of phenols is 1. The van der Waals surface area contributed by atoms with Crippen LogP contribution in [0.2, 0.25) is 0 Å². The predicted octanol–water partition coefficient (Wildman–Crippen LogP) is 3.22. The van der Waals surface area contributed by atoms with Crippen LogP contribution in [0.3, 0.4) is 0 Å². The zero-order valence-corrected chi connectivity index (χ0v) is 9.36. The molecule has 1 aromatic carbocycles.